The molecule has 1 aliphatic rings. The van der Waals surface area contributed by atoms with Crippen molar-refractivity contribution in [3.63, 3.8) is 0 Å². The number of carbonyl (C=O) groups excluding carboxylic acids is 3. The molecule has 0 aliphatic heterocycles. The molecule has 1 heterocycles. The molecule has 0 atom stereocenters. The smallest absolute Gasteiger partial charge is 0.355 e. The maximum absolute atomic E-state index is 12.2. The summed E-state index contributed by atoms with van der Waals surface area (Å²) >= 11 is 0. The molecule has 0 unspecified atom stereocenters. The van der Waals surface area contributed by atoms with E-state index in [1.165, 1.54) is 0 Å². The van der Waals surface area contributed by atoms with Gasteiger partial charge in [0, 0.05) is 11.3 Å². The maximum Gasteiger partial charge on any atom is 0.355 e. The van der Waals surface area contributed by atoms with Crippen LogP contribution in [0.5, 0.6) is 0 Å². The highest BCUT2D eigenvalue weighted by atomic mass is 16.5. The first-order chi connectivity index (χ1) is 9.95. The molecule has 6 heteroatoms. The number of nitrogens with one attached hydrogen (secondary N) is 1. The van der Waals surface area contributed by atoms with Crippen LogP contribution in [0.15, 0.2) is 0 Å². The molecule has 21 heavy (non-hydrogen) atoms. The predicted octanol–water partition coefficient (Wildman–Crippen LogP) is 1.94. The number of ketones is 1. The summed E-state index contributed by atoms with van der Waals surface area (Å²) in [6.07, 6.45) is 1.67. The van der Waals surface area contributed by atoms with E-state index >= 15 is 0 Å². The zero-order chi connectivity index (χ0) is 15.6. The zero-order valence-electron chi connectivity index (χ0n) is 12.4. The van der Waals surface area contributed by atoms with Crippen LogP contribution in [0.1, 0.15) is 51.9 Å². The molecule has 0 amide bonds. The normalized spacial score (nSPS) is 13.9. The topological polar surface area (TPSA) is 85.5 Å². The van der Waals surface area contributed by atoms with Gasteiger partial charge in [0.25, 0.3) is 0 Å². The number of aromatic nitrogens is 1. The van der Waals surface area contributed by atoms with Crippen LogP contribution < -0.4 is 0 Å². The Labute approximate surface area is 122 Å². The molecule has 0 radical (unpaired) electrons. The lowest BCUT2D eigenvalue weighted by atomic mass is 10.1. The largest absolute Gasteiger partial charge is 0.461 e. The Morgan fingerprint density at radius 3 is 2.43 bits per heavy atom. The van der Waals surface area contributed by atoms with Crippen LogP contribution in [0, 0.1) is 19.8 Å². The molecular weight excluding hydrogens is 274 g/mol. The average Bonchev–Trinajstić information content (AvgIpc) is 3.22. The summed E-state index contributed by atoms with van der Waals surface area (Å²) in [4.78, 5) is 38.3. The molecule has 1 N–H and O–H groups in total. The number of carbonyl (C=O) groups is 3. The van der Waals surface area contributed by atoms with Gasteiger partial charge in [0.1, 0.15) is 5.69 Å². The van der Waals surface area contributed by atoms with Crippen molar-refractivity contribution in [1.82, 2.24) is 4.98 Å². The molecule has 114 valence electrons. The van der Waals surface area contributed by atoms with Gasteiger partial charge in [-0.1, -0.05) is 0 Å². The number of hydrogen-bond donors (Lipinski definition) is 1. The van der Waals surface area contributed by atoms with Crippen LogP contribution >= 0.6 is 0 Å². The molecule has 1 fully saturated rings. The number of Topliss-reactive ketones (excluding diaryl/α,β-unsaturated/α-hetero) is 1. The summed E-state index contributed by atoms with van der Waals surface area (Å²) < 4.78 is 9.92. The third kappa shape index (κ3) is 3.32. The van der Waals surface area contributed by atoms with Crippen LogP contribution in [0.3, 0.4) is 0 Å². The van der Waals surface area contributed by atoms with E-state index in [9.17, 15) is 14.4 Å². The van der Waals surface area contributed by atoms with Crippen LogP contribution in [0.4, 0.5) is 0 Å². The molecule has 0 spiro atoms. The Balaban J connectivity index is 2.09. The van der Waals surface area contributed by atoms with E-state index in [4.69, 9.17) is 9.47 Å². The van der Waals surface area contributed by atoms with Gasteiger partial charge in [-0.05, 0) is 39.2 Å². The lowest BCUT2D eigenvalue weighted by molar-refractivity contribution is -0.144. The number of hydrogen-bond acceptors (Lipinski definition) is 5. The van der Waals surface area contributed by atoms with Gasteiger partial charge in [-0.25, -0.2) is 4.79 Å². The number of aromatic amines is 1. The number of aryl methyl sites for hydroxylation is 1. The fraction of sp³-hybridized carbons (Fsp3) is 0.533. The van der Waals surface area contributed by atoms with E-state index in [0.29, 0.717) is 16.8 Å². The lowest BCUT2D eigenvalue weighted by Gasteiger charge is -2.04. The third-order valence-corrected chi connectivity index (χ3v) is 3.45. The summed E-state index contributed by atoms with van der Waals surface area (Å²) in [6.45, 7) is 5.06. The minimum atomic E-state index is -0.493. The number of esters is 2. The first kappa shape index (κ1) is 15.3. The number of H-pyrrole nitrogens is 1. The minimum Gasteiger partial charge on any atom is -0.461 e. The van der Waals surface area contributed by atoms with Crippen molar-refractivity contribution >= 4 is 17.7 Å². The van der Waals surface area contributed by atoms with Crippen molar-refractivity contribution < 1.29 is 23.9 Å². The maximum atomic E-state index is 12.2. The number of ether oxygens (including phenoxy) is 2. The van der Waals surface area contributed by atoms with Crippen molar-refractivity contribution in [1.29, 1.82) is 0 Å². The van der Waals surface area contributed by atoms with Gasteiger partial charge in [0.15, 0.2) is 6.61 Å². The fourth-order valence-electron chi connectivity index (χ4n) is 2.22. The summed E-state index contributed by atoms with van der Waals surface area (Å²) in [5, 5.41) is 0. The first-order valence-electron chi connectivity index (χ1n) is 7.01. The van der Waals surface area contributed by atoms with E-state index in [-0.39, 0.29) is 36.6 Å². The second-order valence-electron chi connectivity index (χ2n) is 5.15. The highest BCUT2D eigenvalue weighted by Crippen LogP contribution is 2.30. The average molecular weight is 293 g/mol. The first-order valence-corrected chi connectivity index (χ1v) is 7.01. The SMILES string of the molecule is CCOC(=O)c1[nH]c(C)c(C(=O)COC(=O)C2CC2)c1C. The van der Waals surface area contributed by atoms with E-state index < -0.39 is 5.97 Å². The van der Waals surface area contributed by atoms with Crippen LogP contribution in [-0.2, 0) is 14.3 Å². The van der Waals surface area contributed by atoms with Crippen LogP contribution in [0.25, 0.3) is 0 Å². The fourth-order valence-corrected chi connectivity index (χ4v) is 2.22. The molecular formula is C15H19NO5. The van der Waals surface area contributed by atoms with Gasteiger partial charge in [-0.3, -0.25) is 9.59 Å². The Morgan fingerprint density at radius 1 is 1.19 bits per heavy atom. The second kappa shape index (κ2) is 6.11. The van der Waals surface area contributed by atoms with Crippen molar-refractivity contribution in [3.8, 4) is 0 Å². The molecule has 2 rings (SSSR count). The van der Waals surface area contributed by atoms with Crippen molar-refractivity contribution in [2.24, 2.45) is 5.92 Å². The van der Waals surface area contributed by atoms with Crippen LogP contribution in [-0.4, -0.2) is 35.9 Å². The molecule has 0 aromatic carbocycles. The van der Waals surface area contributed by atoms with Crippen molar-refractivity contribution in [3.05, 3.63) is 22.5 Å². The van der Waals surface area contributed by atoms with Gasteiger partial charge in [-0.15, -0.1) is 0 Å². The summed E-state index contributed by atoms with van der Waals surface area (Å²) in [7, 11) is 0. The van der Waals surface area contributed by atoms with E-state index in [1.54, 1.807) is 20.8 Å². The third-order valence-electron chi connectivity index (χ3n) is 3.45. The van der Waals surface area contributed by atoms with Gasteiger partial charge in [0.05, 0.1) is 12.5 Å². The van der Waals surface area contributed by atoms with Gasteiger partial charge in [0.2, 0.25) is 5.78 Å². The molecule has 1 saturated carbocycles. The van der Waals surface area contributed by atoms with Gasteiger partial charge >= 0.3 is 11.9 Å². The van der Waals surface area contributed by atoms with E-state index in [2.05, 4.69) is 4.98 Å². The molecule has 0 bridgehead atoms. The Bertz CT molecular complexity index is 583. The van der Waals surface area contributed by atoms with Crippen molar-refractivity contribution in [2.45, 2.75) is 33.6 Å². The van der Waals surface area contributed by atoms with E-state index in [0.717, 1.165) is 12.8 Å². The second-order valence-corrected chi connectivity index (χ2v) is 5.15. The number of rotatable bonds is 6. The molecule has 1 aliphatic carbocycles. The monoisotopic (exact) mass is 293 g/mol. The quantitative estimate of drug-likeness (QED) is 0.640. The molecule has 0 saturated heterocycles. The Morgan fingerprint density at radius 2 is 1.86 bits per heavy atom. The highest BCUT2D eigenvalue weighted by Gasteiger charge is 2.32. The standard InChI is InChI=1S/C15H19NO5/c1-4-20-15(19)13-8(2)12(9(3)16-13)11(17)7-21-14(18)10-5-6-10/h10,16H,4-7H2,1-3H3. The van der Waals surface area contributed by atoms with Gasteiger partial charge in [-0.2, -0.15) is 0 Å². The summed E-state index contributed by atoms with van der Waals surface area (Å²) in [6, 6.07) is 0. The minimum absolute atomic E-state index is 0.0405. The molecule has 6 nitrogen and oxygen atoms in total. The Kier molecular flexibility index (Phi) is 4.45. The summed E-state index contributed by atoms with van der Waals surface area (Å²) in [5.74, 6) is -1.17. The Hall–Kier alpha value is -2.11. The van der Waals surface area contributed by atoms with Crippen LogP contribution in [0.2, 0.25) is 0 Å². The zero-order valence-corrected chi connectivity index (χ0v) is 12.4. The van der Waals surface area contributed by atoms with Crippen molar-refractivity contribution in [2.75, 3.05) is 13.2 Å². The molecule has 1 aromatic heterocycles. The predicted molar refractivity (Wildman–Crippen MR) is 74.2 cm³/mol. The highest BCUT2D eigenvalue weighted by molar-refractivity contribution is 6.03. The van der Waals surface area contributed by atoms with Gasteiger partial charge < -0.3 is 14.5 Å². The molecule has 1 aromatic rings. The van der Waals surface area contributed by atoms with E-state index in [1.807, 2.05) is 0 Å². The summed E-state index contributed by atoms with van der Waals surface area (Å²) in [5.41, 5.74) is 1.76. The lowest BCUT2D eigenvalue weighted by Crippen LogP contribution is -2.16.